The molecule has 4 atom stereocenters. The molecule has 1 spiro atoms. The monoisotopic (exact) mass is 651 g/mol. The van der Waals surface area contributed by atoms with Gasteiger partial charge in [0.2, 0.25) is 21.4 Å². The lowest BCUT2D eigenvalue weighted by Crippen LogP contribution is -2.78. The molecular formula is C23H32Cl3N9O7. The quantitative estimate of drug-likeness (QED) is 0.125. The molecule has 0 aromatic rings. The van der Waals surface area contributed by atoms with Crippen LogP contribution in [0.4, 0.5) is 14.4 Å². The summed E-state index contributed by atoms with van der Waals surface area (Å²) >= 11 is 17.1. The summed E-state index contributed by atoms with van der Waals surface area (Å²) in [4.78, 5) is 60.9. The van der Waals surface area contributed by atoms with Crippen LogP contribution in [0.2, 0.25) is 0 Å². The highest BCUT2D eigenvalue weighted by atomic mass is 35.6. The number of guanidine groups is 1. The molecule has 5 aliphatic rings. The number of carbonyl (C=O) groups excluding carboxylic acids is 4. The van der Waals surface area contributed by atoms with E-state index in [4.69, 9.17) is 39.5 Å². The van der Waals surface area contributed by atoms with Crippen LogP contribution in [-0.2, 0) is 9.53 Å². The van der Waals surface area contributed by atoms with E-state index in [9.17, 15) is 29.4 Å². The van der Waals surface area contributed by atoms with Gasteiger partial charge in [0.25, 0.3) is 0 Å². The molecule has 0 aliphatic carbocycles. The average molecular weight is 653 g/mol. The van der Waals surface area contributed by atoms with Crippen LogP contribution in [0.1, 0.15) is 19.3 Å². The van der Waals surface area contributed by atoms with Gasteiger partial charge in [0.1, 0.15) is 19.2 Å². The SMILES string of the molecule is C=C1N[C@H]2[C@H](CN3C(=O)CN(C)C3=O)N=C(NC(=O)OCC(Cl)(Cl)Cl)N3C[C@H](NC(=O)N4CCCCC4)C(O)(O)[C@]23N1. The highest BCUT2D eigenvalue weighted by Crippen LogP contribution is 2.45. The summed E-state index contributed by atoms with van der Waals surface area (Å²) in [7, 11) is 1.47. The number of likely N-dealkylation sites (N-methyl/N-ethyl adjacent to an activating group) is 1. The van der Waals surface area contributed by atoms with E-state index in [1.54, 1.807) is 4.90 Å². The molecule has 5 rings (SSSR count). The lowest BCUT2D eigenvalue weighted by Gasteiger charge is -2.49. The second kappa shape index (κ2) is 11.0. The maximum Gasteiger partial charge on any atom is 0.414 e. The molecule has 0 radical (unpaired) electrons. The van der Waals surface area contributed by atoms with Crippen molar-refractivity contribution in [1.82, 2.24) is 40.9 Å². The predicted molar refractivity (Wildman–Crippen MR) is 149 cm³/mol. The Labute approximate surface area is 255 Å². The Bertz CT molecular complexity index is 1210. The number of likely N-dealkylation sites (tertiary alicyclic amines) is 1. The Balaban J connectivity index is 1.49. The smallest absolute Gasteiger partial charge is 0.414 e. The number of halogens is 3. The molecule has 0 bridgehead atoms. The number of rotatable bonds is 4. The molecule has 5 heterocycles. The third-order valence-electron chi connectivity index (χ3n) is 8.01. The number of amides is 6. The fourth-order valence-corrected chi connectivity index (χ4v) is 6.24. The van der Waals surface area contributed by atoms with Crippen LogP contribution in [0, 0.1) is 0 Å². The summed E-state index contributed by atoms with van der Waals surface area (Å²) < 4.78 is 3.09. The van der Waals surface area contributed by atoms with Gasteiger partial charge in [-0.2, -0.15) is 0 Å². The third-order valence-corrected chi connectivity index (χ3v) is 8.34. The second-order valence-electron chi connectivity index (χ2n) is 10.9. The third kappa shape index (κ3) is 5.34. The number of ether oxygens (including phenoxy) is 1. The van der Waals surface area contributed by atoms with E-state index in [1.165, 1.54) is 16.8 Å². The molecule has 0 aromatic heterocycles. The number of alkyl halides is 3. The zero-order chi connectivity index (χ0) is 30.6. The number of nitrogens with zero attached hydrogens (tertiary/aromatic N) is 5. The van der Waals surface area contributed by atoms with Crippen LogP contribution in [0.3, 0.4) is 0 Å². The molecule has 19 heteroatoms. The van der Waals surface area contributed by atoms with Crippen molar-refractivity contribution >= 4 is 64.8 Å². The van der Waals surface area contributed by atoms with Gasteiger partial charge in [-0.3, -0.25) is 15.0 Å². The van der Waals surface area contributed by atoms with E-state index in [-0.39, 0.29) is 31.4 Å². The largest absolute Gasteiger partial charge is 0.445 e. The summed E-state index contributed by atoms with van der Waals surface area (Å²) in [5, 5.41) is 34.8. The fourth-order valence-electron chi connectivity index (χ4n) is 6.08. The minimum absolute atomic E-state index is 0.140. The Morgan fingerprint density at radius 2 is 1.90 bits per heavy atom. The van der Waals surface area contributed by atoms with Crippen molar-refractivity contribution in [3.63, 3.8) is 0 Å². The van der Waals surface area contributed by atoms with Crippen molar-refractivity contribution in [3.8, 4) is 0 Å². The van der Waals surface area contributed by atoms with E-state index in [2.05, 4.69) is 32.8 Å². The number of aliphatic imine (C=N–C) groups is 1. The van der Waals surface area contributed by atoms with Gasteiger partial charge < -0.3 is 45.6 Å². The van der Waals surface area contributed by atoms with Crippen LogP contribution < -0.4 is 21.3 Å². The van der Waals surface area contributed by atoms with Crippen LogP contribution in [0.25, 0.3) is 0 Å². The second-order valence-corrected chi connectivity index (χ2v) is 13.4. The van der Waals surface area contributed by atoms with Gasteiger partial charge in [-0.1, -0.05) is 41.4 Å². The lowest BCUT2D eigenvalue weighted by molar-refractivity contribution is -0.231. The van der Waals surface area contributed by atoms with E-state index < -0.39 is 64.0 Å². The number of nitrogens with one attached hydrogen (secondary N) is 4. The molecule has 6 N–H and O–H groups in total. The summed E-state index contributed by atoms with van der Waals surface area (Å²) in [5.74, 6) is -3.21. The molecule has 0 aromatic carbocycles. The zero-order valence-corrected chi connectivity index (χ0v) is 24.9. The number of hydrogen-bond donors (Lipinski definition) is 6. The number of piperidine rings is 1. The Morgan fingerprint density at radius 3 is 2.52 bits per heavy atom. The molecule has 5 aliphatic heterocycles. The highest BCUT2D eigenvalue weighted by molar-refractivity contribution is 6.67. The topological polar surface area (TPSA) is 191 Å². The standard InChI is InChI=1S/C23H32Cl3N9O7/c1-12-27-16-13(8-34-15(36)10-32(2)20(34)39)28-17(30-19(38)42-11-21(24,25)26)35-9-14(23(40,41)22(16,35)31-12)29-18(37)33-6-4-3-5-7-33/h13-14,16,27,31,40-41H,1,3-11H2,2H3,(H,29,37)(H,28,30,38)/t13-,14-,16-,22-/m0/s1. The van der Waals surface area contributed by atoms with Crippen molar-refractivity contribution in [1.29, 1.82) is 0 Å². The van der Waals surface area contributed by atoms with Crippen molar-refractivity contribution < 1.29 is 34.1 Å². The van der Waals surface area contributed by atoms with Crippen LogP contribution >= 0.6 is 34.8 Å². The molecule has 42 heavy (non-hydrogen) atoms. The lowest BCUT2D eigenvalue weighted by atomic mass is 9.85. The summed E-state index contributed by atoms with van der Waals surface area (Å²) in [6.45, 7) is 3.67. The first kappa shape index (κ1) is 30.5. The fraction of sp³-hybridized carbons (Fsp3) is 0.696. The summed E-state index contributed by atoms with van der Waals surface area (Å²) in [6, 6.07) is -4.38. The maximum atomic E-state index is 13.1. The maximum absolute atomic E-state index is 13.1. The average Bonchev–Trinajstić information content (AvgIpc) is 3.48. The Kier molecular flexibility index (Phi) is 7.98. The van der Waals surface area contributed by atoms with Gasteiger partial charge in [-0.25, -0.2) is 19.4 Å². The van der Waals surface area contributed by atoms with E-state index in [1.807, 2.05) is 0 Å². The number of urea groups is 2. The molecule has 16 nitrogen and oxygen atoms in total. The first-order valence-corrected chi connectivity index (χ1v) is 14.4. The highest BCUT2D eigenvalue weighted by Gasteiger charge is 2.74. The minimum atomic E-state index is -2.70. The van der Waals surface area contributed by atoms with Gasteiger partial charge in [0, 0.05) is 26.7 Å². The van der Waals surface area contributed by atoms with Crippen molar-refractivity contribution in [2.75, 3.05) is 46.4 Å². The van der Waals surface area contributed by atoms with E-state index in [0.29, 0.717) is 13.1 Å². The minimum Gasteiger partial charge on any atom is -0.445 e. The van der Waals surface area contributed by atoms with Crippen LogP contribution in [-0.4, -0.2) is 140 Å². The summed E-state index contributed by atoms with van der Waals surface area (Å²) in [6.07, 6.45) is 1.57. The van der Waals surface area contributed by atoms with Crippen LogP contribution in [0.5, 0.6) is 0 Å². The van der Waals surface area contributed by atoms with Gasteiger partial charge in [-0.05, 0) is 19.3 Å². The van der Waals surface area contributed by atoms with Crippen LogP contribution in [0.15, 0.2) is 17.4 Å². The molecular weight excluding hydrogens is 621 g/mol. The zero-order valence-electron chi connectivity index (χ0n) is 22.6. The molecule has 6 amide bonds. The van der Waals surface area contributed by atoms with E-state index >= 15 is 0 Å². The Hall–Kier alpha value is -2.92. The summed E-state index contributed by atoms with van der Waals surface area (Å²) in [5.41, 5.74) is -1.88. The number of alkyl carbamates (subject to hydrolysis) is 1. The normalized spacial score (nSPS) is 30.4. The van der Waals surface area contributed by atoms with Gasteiger partial charge in [-0.15, -0.1) is 0 Å². The number of aliphatic hydroxyl groups is 2. The predicted octanol–water partition coefficient (Wildman–Crippen LogP) is -0.995. The number of imide groups is 1. The van der Waals surface area contributed by atoms with Gasteiger partial charge in [0.15, 0.2) is 5.66 Å². The number of carbonyl (C=O) groups is 4. The van der Waals surface area contributed by atoms with Crippen molar-refractivity contribution in [2.24, 2.45) is 4.99 Å². The first-order chi connectivity index (χ1) is 19.6. The molecule has 4 saturated heterocycles. The van der Waals surface area contributed by atoms with E-state index in [0.717, 1.165) is 24.2 Å². The molecule has 232 valence electrons. The van der Waals surface area contributed by atoms with Gasteiger partial charge in [0.05, 0.1) is 24.4 Å². The molecule has 4 fully saturated rings. The molecule has 0 unspecified atom stereocenters. The molecule has 0 saturated carbocycles. The van der Waals surface area contributed by atoms with Crippen molar-refractivity contribution in [3.05, 3.63) is 12.4 Å². The van der Waals surface area contributed by atoms with Crippen molar-refractivity contribution in [2.45, 2.75) is 52.6 Å². The number of hydrogen-bond acceptors (Lipinski definition) is 11. The Morgan fingerprint density at radius 1 is 1.21 bits per heavy atom. The first-order valence-electron chi connectivity index (χ1n) is 13.3. The van der Waals surface area contributed by atoms with Gasteiger partial charge >= 0.3 is 18.2 Å².